The quantitative estimate of drug-likeness (QED) is 0.796. The first-order valence-corrected chi connectivity index (χ1v) is 8.47. The third-order valence-corrected chi connectivity index (χ3v) is 4.48. The molecule has 0 bridgehead atoms. The molecule has 2 aromatic carbocycles. The number of quaternary nitrogens is 1. The third-order valence-electron chi connectivity index (χ3n) is 4.48. The largest absolute Gasteiger partial charge is 0.319 e. The maximum absolute atomic E-state index is 12.3. The Morgan fingerprint density at radius 1 is 0.750 bits per heavy atom. The van der Waals surface area contributed by atoms with Gasteiger partial charge in [0.2, 0.25) is 0 Å². The maximum Gasteiger partial charge on any atom is 0.284 e. The first-order valence-electron chi connectivity index (χ1n) is 8.47. The van der Waals surface area contributed by atoms with Crippen molar-refractivity contribution in [2.45, 2.75) is 12.8 Å². The monoisotopic (exact) mass is 323 g/mol. The standard InChI is InChI=1S/C20H22N2O2/c23-19-15-21(13-11-17-7-3-1-4-8-17)16-20(24)22(19)14-12-18-9-5-2-6-10-18/h1-10H,11-16H2/p+1. The van der Waals surface area contributed by atoms with Gasteiger partial charge in [-0.3, -0.25) is 14.5 Å². The Balaban J connectivity index is 1.50. The van der Waals surface area contributed by atoms with Gasteiger partial charge in [0.05, 0.1) is 6.54 Å². The van der Waals surface area contributed by atoms with Crippen LogP contribution in [0.1, 0.15) is 11.1 Å². The molecule has 24 heavy (non-hydrogen) atoms. The van der Waals surface area contributed by atoms with E-state index in [-0.39, 0.29) is 11.8 Å². The average molecular weight is 323 g/mol. The molecule has 0 saturated carbocycles. The number of carbonyl (C=O) groups excluding carboxylic acids is 2. The van der Waals surface area contributed by atoms with Crippen molar-refractivity contribution in [2.24, 2.45) is 0 Å². The van der Waals surface area contributed by atoms with Gasteiger partial charge in [-0.05, 0) is 17.5 Å². The summed E-state index contributed by atoms with van der Waals surface area (Å²) in [5.41, 5.74) is 2.40. The Morgan fingerprint density at radius 3 is 1.79 bits per heavy atom. The van der Waals surface area contributed by atoms with Crippen LogP contribution in [0.15, 0.2) is 60.7 Å². The second-order valence-electron chi connectivity index (χ2n) is 6.26. The second-order valence-corrected chi connectivity index (χ2v) is 6.26. The number of carbonyl (C=O) groups is 2. The zero-order valence-corrected chi connectivity index (χ0v) is 13.8. The number of hydrogen-bond donors (Lipinski definition) is 1. The molecule has 124 valence electrons. The predicted octanol–water partition coefficient (Wildman–Crippen LogP) is 0.726. The van der Waals surface area contributed by atoms with E-state index in [1.54, 1.807) is 0 Å². The van der Waals surface area contributed by atoms with Gasteiger partial charge in [-0.2, -0.15) is 0 Å². The fraction of sp³-hybridized carbons (Fsp3) is 0.300. The van der Waals surface area contributed by atoms with Crippen molar-refractivity contribution in [2.75, 3.05) is 26.2 Å². The van der Waals surface area contributed by atoms with Gasteiger partial charge >= 0.3 is 0 Å². The van der Waals surface area contributed by atoms with Crippen LogP contribution in [0.25, 0.3) is 0 Å². The van der Waals surface area contributed by atoms with Crippen LogP contribution in [0.5, 0.6) is 0 Å². The predicted molar refractivity (Wildman–Crippen MR) is 92.6 cm³/mol. The van der Waals surface area contributed by atoms with Crippen molar-refractivity contribution in [1.82, 2.24) is 4.90 Å². The topological polar surface area (TPSA) is 41.8 Å². The summed E-state index contributed by atoms with van der Waals surface area (Å²) in [4.78, 5) is 27.2. The molecule has 4 nitrogen and oxygen atoms in total. The van der Waals surface area contributed by atoms with Crippen LogP contribution in [0.2, 0.25) is 0 Å². The van der Waals surface area contributed by atoms with E-state index in [0.29, 0.717) is 19.6 Å². The molecule has 2 aromatic rings. The van der Waals surface area contributed by atoms with Gasteiger partial charge in [0.1, 0.15) is 0 Å². The summed E-state index contributed by atoms with van der Waals surface area (Å²) in [5, 5.41) is 0. The molecule has 1 aliphatic rings. The number of amides is 2. The fourth-order valence-electron chi connectivity index (χ4n) is 3.10. The summed E-state index contributed by atoms with van der Waals surface area (Å²) in [6, 6.07) is 20.2. The van der Waals surface area contributed by atoms with E-state index in [1.165, 1.54) is 10.5 Å². The number of piperazine rings is 1. The molecule has 0 atom stereocenters. The van der Waals surface area contributed by atoms with E-state index in [4.69, 9.17) is 0 Å². The van der Waals surface area contributed by atoms with Crippen LogP contribution < -0.4 is 4.90 Å². The zero-order valence-electron chi connectivity index (χ0n) is 13.8. The highest BCUT2D eigenvalue weighted by molar-refractivity contribution is 5.97. The molecule has 0 spiro atoms. The summed E-state index contributed by atoms with van der Waals surface area (Å²) >= 11 is 0. The van der Waals surface area contributed by atoms with Crippen LogP contribution >= 0.6 is 0 Å². The summed E-state index contributed by atoms with van der Waals surface area (Å²) < 4.78 is 0. The molecule has 1 N–H and O–H groups in total. The molecule has 0 aliphatic carbocycles. The van der Waals surface area contributed by atoms with Crippen molar-refractivity contribution in [1.29, 1.82) is 0 Å². The highest BCUT2D eigenvalue weighted by atomic mass is 16.2. The molecule has 0 unspecified atom stereocenters. The number of benzene rings is 2. The van der Waals surface area contributed by atoms with Crippen molar-refractivity contribution in [3.05, 3.63) is 71.8 Å². The first-order chi connectivity index (χ1) is 11.7. The SMILES string of the molecule is O=C1C[NH+](CCc2ccccc2)CC(=O)N1CCc1ccccc1. The normalized spacial score (nSPS) is 15.8. The Bertz CT molecular complexity index is 667. The molecule has 4 heteroatoms. The lowest BCUT2D eigenvalue weighted by atomic mass is 10.1. The van der Waals surface area contributed by atoms with Gasteiger partial charge in [0.15, 0.2) is 13.1 Å². The molecule has 0 aromatic heterocycles. The maximum atomic E-state index is 12.3. The first kappa shape index (κ1) is 16.4. The summed E-state index contributed by atoms with van der Waals surface area (Å²) in [6.07, 6.45) is 1.61. The highest BCUT2D eigenvalue weighted by Crippen LogP contribution is 2.03. The molecule has 1 aliphatic heterocycles. The van der Waals surface area contributed by atoms with E-state index < -0.39 is 0 Å². The minimum Gasteiger partial charge on any atom is -0.319 e. The second kappa shape index (κ2) is 7.88. The fourth-order valence-corrected chi connectivity index (χ4v) is 3.10. The molecule has 0 radical (unpaired) electrons. The zero-order chi connectivity index (χ0) is 16.8. The van der Waals surface area contributed by atoms with Gasteiger partial charge < -0.3 is 4.90 Å². The van der Waals surface area contributed by atoms with Crippen LogP contribution in [-0.2, 0) is 22.4 Å². The summed E-state index contributed by atoms with van der Waals surface area (Å²) in [6.45, 7) is 2.11. The van der Waals surface area contributed by atoms with Gasteiger partial charge in [0, 0.05) is 13.0 Å². The Hall–Kier alpha value is -2.46. The summed E-state index contributed by atoms with van der Waals surface area (Å²) in [7, 11) is 0. The van der Waals surface area contributed by atoms with Crippen LogP contribution in [0, 0.1) is 0 Å². The van der Waals surface area contributed by atoms with E-state index in [0.717, 1.165) is 29.8 Å². The smallest absolute Gasteiger partial charge is 0.284 e. The van der Waals surface area contributed by atoms with Gasteiger partial charge in [-0.25, -0.2) is 0 Å². The molecule has 2 amide bonds. The van der Waals surface area contributed by atoms with Crippen LogP contribution in [-0.4, -0.2) is 42.9 Å². The molecule has 1 saturated heterocycles. The van der Waals surface area contributed by atoms with E-state index in [9.17, 15) is 9.59 Å². The third kappa shape index (κ3) is 4.30. The number of imide groups is 1. The lowest BCUT2D eigenvalue weighted by Gasteiger charge is -2.30. The van der Waals surface area contributed by atoms with Crippen molar-refractivity contribution in [3.8, 4) is 0 Å². The Kier molecular flexibility index (Phi) is 5.39. The van der Waals surface area contributed by atoms with Crippen molar-refractivity contribution in [3.63, 3.8) is 0 Å². The van der Waals surface area contributed by atoms with E-state index >= 15 is 0 Å². The average Bonchev–Trinajstić information content (AvgIpc) is 2.61. The molecule has 1 fully saturated rings. The number of nitrogens with one attached hydrogen (secondary N) is 1. The Morgan fingerprint density at radius 2 is 1.25 bits per heavy atom. The number of nitrogens with zero attached hydrogens (tertiary/aromatic N) is 1. The number of hydrogen-bond acceptors (Lipinski definition) is 2. The highest BCUT2D eigenvalue weighted by Gasteiger charge is 2.33. The molecule has 1 heterocycles. The number of rotatable bonds is 6. The van der Waals surface area contributed by atoms with E-state index in [2.05, 4.69) is 12.1 Å². The van der Waals surface area contributed by atoms with Gasteiger partial charge in [0.25, 0.3) is 11.8 Å². The van der Waals surface area contributed by atoms with Crippen LogP contribution in [0.3, 0.4) is 0 Å². The molecule has 3 rings (SSSR count). The van der Waals surface area contributed by atoms with Crippen molar-refractivity contribution >= 4 is 11.8 Å². The Labute approximate surface area is 142 Å². The van der Waals surface area contributed by atoms with Crippen molar-refractivity contribution < 1.29 is 14.5 Å². The lowest BCUT2D eigenvalue weighted by molar-refractivity contribution is -0.886. The van der Waals surface area contributed by atoms with Gasteiger partial charge in [-0.15, -0.1) is 0 Å². The summed E-state index contributed by atoms with van der Waals surface area (Å²) in [5.74, 6) is -0.101. The minimum absolute atomic E-state index is 0.0507. The van der Waals surface area contributed by atoms with Crippen LogP contribution in [0.4, 0.5) is 0 Å². The minimum atomic E-state index is -0.0507. The molecular formula is C20H23N2O2+. The van der Waals surface area contributed by atoms with Gasteiger partial charge in [-0.1, -0.05) is 60.7 Å². The lowest BCUT2D eigenvalue weighted by Crippen LogP contribution is -3.16. The molecular weight excluding hydrogens is 300 g/mol. The van der Waals surface area contributed by atoms with E-state index in [1.807, 2.05) is 48.5 Å².